The van der Waals surface area contributed by atoms with Gasteiger partial charge in [0.25, 0.3) is 5.91 Å². The molecule has 6 bridgehead atoms. The van der Waals surface area contributed by atoms with Gasteiger partial charge in [0, 0.05) is 43.8 Å². The fourth-order valence-electron chi connectivity index (χ4n) is 6.15. The molecule has 1 aromatic carbocycles. The van der Waals surface area contributed by atoms with Crippen LogP contribution in [-0.4, -0.2) is 130 Å². The Kier molecular flexibility index (Phi) is 8.09. The Balaban J connectivity index is 1.44. The summed E-state index contributed by atoms with van der Waals surface area (Å²) in [6, 6.07) is 3.16. The van der Waals surface area contributed by atoms with E-state index in [0.29, 0.717) is 13.0 Å². The number of aliphatic hydroxyl groups is 2. The third-order valence-corrected chi connectivity index (χ3v) is 8.32. The highest BCUT2D eigenvalue weighted by Gasteiger charge is 2.47. The molecule has 4 aliphatic rings. The van der Waals surface area contributed by atoms with Gasteiger partial charge in [0.1, 0.15) is 30.2 Å². The van der Waals surface area contributed by atoms with Gasteiger partial charge in [0.2, 0.25) is 17.7 Å². The zero-order chi connectivity index (χ0) is 28.7. The molecule has 5 rings (SSSR count). The van der Waals surface area contributed by atoms with Crippen LogP contribution in [0.5, 0.6) is 0 Å². The number of hydrogen-bond acceptors (Lipinski definition) is 8. The van der Waals surface area contributed by atoms with Gasteiger partial charge in [-0.25, -0.2) is 4.39 Å². The molecule has 7 atom stereocenters. The molecule has 0 radical (unpaired) electrons. The molecule has 0 saturated carbocycles. The fraction of sp³-hybridized carbons (Fsp3) is 0.630. The van der Waals surface area contributed by atoms with Crippen molar-refractivity contribution in [3.8, 4) is 0 Å². The number of piperazine rings is 1. The minimum Gasteiger partial charge on any atom is -0.388 e. The third-order valence-electron chi connectivity index (χ3n) is 8.32. The maximum absolute atomic E-state index is 13.8. The third kappa shape index (κ3) is 5.55. The van der Waals surface area contributed by atoms with Crippen LogP contribution in [0.25, 0.3) is 0 Å². The minimum atomic E-state index is -1.33. The van der Waals surface area contributed by atoms with Gasteiger partial charge >= 0.3 is 0 Å². The number of ether oxygens (including phenoxy) is 1. The van der Waals surface area contributed by atoms with Gasteiger partial charge in [-0.15, -0.1) is 0 Å². The SMILES string of the molecule is CC(C)N1C[C@@H]2C[C@H]1C(=O)N1CCN(C(=O)c3ccc(F)cc3)[C@@H](C1)C(=O)NC[C@H]1O[C@@H](CC(=O)N2)[C@H](O)[C@@H]1O. The number of carbonyl (C=O) groups is 4. The molecule has 40 heavy (non-hydrogen) atoms. The summed E-state index contributed by atoms with van der Waals surface area (Å²) in [6.07, 6.45) is -4.41. The molecule has 13 heteroatoms. The van der Waals surface area contributed by atoms with Crippen molar-refractivity contribution in [3.63, 3.8) is 0 Å². The average Bonchev–Trinajstić information content (AvgIpc) is 3.47. The van der Waals surface area contributed by atoms with Crippen molar-refractivity contribution in [2.75, 3.05) is 32.7 Å². The summed E-state index contributed by atoms with van der Waals surface area (Å²) in [5, 5.41) is 26.7. The second-order valence-electron chi connectivity index (χ2n) is 11.3. The molecule has 4 amide bonds. The normalized spacial score (nSPS) is 33.8. The maximum Gasteiger partial charge on any atom is 0.254 e. The molecule has 0 aliphatic carbocycles. The van der Waals surface area contributed by atoms with Crippen molar-refractivity contribution in [2.24, 2.45) is 0 Å². The van der Waals surface area contributed by atoms with Crippen LogP contribution < -0.4 is 10.6 Å². The van der Waals surface area contributed by atoms with E-state index in [1.807, 2.05) is 18.7 Å². The van der Waals surface area contributed by atoms with Crippen molar-refractivity contribution in [2.45, 2.75) is 75.3 Å². The Labute approximate surface area is 231 Å². The van der Waals surface area contributed by atoms with Crippen LogP contribution in [0.2, 0.25) is 0 Å². The summed E-state index contributed by atoms with van der Waals surface area (Å²) >= 11 is 0. The van der Waals surface area contributed by atoms with E-state index in [9.17, 15) is 33.8 Å². The average molecular weight is 562 g/mol. The Morgan fingerprint density at radius 1 is 1.02 bits per heavy atom. The van der Waals surface area contributed by atoms with Crippen LogP contribution >= 0.6 is 0 Å². The van der Waals surface area contributed by atoms with Gasteiger partial charge < -0.3 is 35.4 Å². The van der Waals surface area contributed by atoms with Crippen molar-refractivity contribution in [3.05, 3.63) is 35.6 Å². The molecule has 0 unspecified atom stereocenters. The van der Waals surface area contributed by atoms with E-state index < -0.39 is 54.1 Å². The Hall–Kier alpha value is -3.13. The molecule has 0 spiro atoms. The van der Waals surface area contributed by atoms with Crippen molar-refractivity contribution < 1.29 is 38.5 Å². The van der Waals surface area contributed by atoms with Gasteiger partial charge in [-0.05, 0) is 44.5 Å². The lowest BCUT2D eigenvalue weighted by Crippen LogP contribution is -2.63. The molecule has 4 N–H and O–H groups in total. The van der Waals surface area contributed by atoms with E-state index in [-0.39, 0.29) is 62.1 Å². The molecule has 1 aromatic rings. The van der Waals surface area contributed by atoms with Crippen LogP contribution in [0, 0.1) is 5.82 Å². The molecule has 218 valence electrons. The molecular formula is C27H36FN5O7. The van der Waals surface area contributed by atoms with E-state index in [0.717, 1.165) is 0 Å². The number of likely N-dealkylation sites (tertiary alicyclic amines) is 1. The smallest absolute Gasteiger partial charge is 0.254 e. The maximum atomic E-state index is 13.8. The summed E-state index contributed by atoms with van der Waals surface area (Å²) in [4.78, 5) is 58.4. The van der Waals surface area contributed by atoms with Gasteiger partial charge in [0.05, 0.1) is 25.1 Å². The summed E-state index contributed by atoms with van der Waals surface area (Å²) in [5.74, 6) is -2.06. The minimum absolute atomic E-state index is 0.00858. The number of carbonyl (C=O) groups excluding carboxylic acids is 4. The van der Waals surface area contributed by atoms with Crippen LogP contribution in [0.15, 0.2) is 24.3 Å². The highest BCUT2D eigenvalue weighted by Crippen LogP contribution is 2.27. The predicted molar refractivity (Wildman–Crippen MR) is 138 cm³/mol. The van der Waals surface area contributed by atoms with Crippen LogP contribution in [0.3, 0.4) is 0 Å². The standard InChI is InChI=1S/C27H36FN5O7/c1-14(2)33-12-17-9-18(33)27(39)31-7-8-32(26(38)15-3-5-16(28)6-4-15)19(13-31)25(37)29-11-21-24(36)23(35)20(40-21)10-22(34)30-17/h3-6,14,17-21,23-24,35-36H,7-13H2,1-2H3,(H,29,37)(H,30,34)/t17-,18-,19-,20-,21+,23-,24+/m0/s1. The lowest BCUT2D eigenvalue weighted by atomic mass is 10.0. The number of nitrogens with zero attached hydrogens (tertiary/aromatic N) is 3. The first-order valence-corrected chi connectivity index (χ1v) is 13.7. The van der Waals surface area contributed by atoms with Gasteiger partial charge in [-0.1, -0.05) is 0 Å². The van der Waals surface area contributed by atoms with Crippen LogP contribution in [0.4, 0.5) is 4.39 Å². The highest BCUT2D eigenvalue weighted by atomic mass is 19.1. The molecule has 4 aliphatic heterocycles. The zero-order valence-corrected chi connectivity index (χ0v) is 22.5. The number of hydrogen-bond donors (Lipinski definition) is 4. The number of benzene rings is 1. The number of nitrogens with one attached hydrogen (secondary N) is 2. The number of fused-ring (bicyclic) bond motifs is 6. The zero-order valence-electron chi connectivity index (χ0n) is 22.5. The lowest BCUT2D eigenvalue weighted by Gasteiger charge is -2.42. The Morgan fingerprint density at radius 2 is 1.73 bits per heavy atom. The number of amides is 4. The Morgan fingerprint density at radius 3 is 2.42 bits per heavy atom. The Bertz CT molecular complexity index is 1150. The molecule has 4 heterocycles. The van der Waals surface area contributed by atoms with Crippen molar-refractivity contribution >= 4 is 23.6 Å². The van der Waals surface area contributed by atoms with E-state index in [1.54, 1.807) is 4.90 Å². The second kappa shape index (κ2) is 11.4. The van der Waals surface area contributed by atoms with Gasteiger partial charge in [0.15, 0.2) is 0 Å². The van der Waals surface area contributed by atoms with Gasteiger partial charge in [-0.3, -0.25) is 24.1 Å². The monoisotopic (exact) mass is 561 g/mol. The quantitative estimate of drug-likeness (QED) is 0.339. The summed E-state index contributed by atoms with van der Waals surface area (Å²) in [7, 11) is 0. The second-order valence-corrected chi connectivity index (χ2v) is 11.3. The predicted octanol–water partition coefficient (Wildman–Crippen LogP) is -1.54. The number of aliphatic hydroxyl groups excluding tert-OH is 2. The molecule has 12 nitrogen and oxygen atoms in total. The summed E-state index contributed by atoms with van der Waals surface area (Å²) < 4.78 is 19.2. The molecule has 4 saturated heterocycles. The lowest BCUT2D eigenvalue weighted by molar-refractivity contribution is -0.141. The molecule has 4 fully saturated rings. The largest absolute Gasteiger partial charge is 0.388 e. The van der Waals surface area contributed by atoms with Crippen LogP contribution in [-0.2, 0) is 19.1 Å². The first kappa shape index (κ1) is 28.4. The number of rotatable bonds is 2. The highest BCUT2D eigenvalue weighted by molar-refractivity contribution is 5.98. The van der Waals surface area contributed by atoms with Crippen LogP contribution in [0.1, 0.15) is 37.0 Å². The first-order valence-electron chi connectivity index (χ1n) is 13.7. The van der Waals surface area contributed by atoms with Gasteiger partial charge in [-0.2, -0.15) is 0 Å². The van der Waals surface area contributed by atoms with Crippen molar-refractivity contribution in [1.82, 2.24) is 25.3 Å². The summed E-state index contributed by atoms with van der Waals surface area (Å²) in [5.41, 5.74) is 0.210. The summed E-state index contributed by atoms with van der Waals surface area (Å²) in [6.45, 7) is 4.43. The number of halogens is 1. The molecular weight excluding hydrogens is 525 g/mol. The van der Waals surface area contributed by atoms with Crippen molar-refractivity contribution in [1.29, 1.82) is 0 Å². The fourth-order valence-corrected chi connectivity index (χ4v) is 6.15. The molecule has 0 aromatic heterocycles. The van der Waals surface area contributed by atoms with E-state index in [4.69, 9.17) is 4.74 Å². The van der Waals surface area contributed by atoms with E-state index >= 15 is 0 Å². The van der Waals surface area contributed by atoms with E-state index in [2.05, 4.69) is 10.6 Å². The van der Waals surface area contributed by atoms with E-state index in [1.165, 1.54) is 29.2 Å². The topological polar surface area (TPSA) is 152 Å². The first-order chi connectivity index (χ1) is 19.0.